The Bertz CT molecular complexity index is 403. The van der Waals surface area contributed by atoms with E-state index in [-0.39, 0.29) is 5.60 Å². The van der Waals surface area contributed by atoms with Crippen LogP contribution in [0.3, 0.4) is 0 Å². The number of ether oxygens (including phenoxy) is 1. The van der Waals surface area contributed by atoms with Crippen LogP contribution in [0.5, 0.6) is 5.75 Å². The molecule has 0 saturated heterocycles. The summed E-state index contributed by atoms with van der Waals surface area (Å²) >= 11 is 3.76. The Labute approximate surface area is 105 Å². The van der Waals surface area contributed by atoms with Crippen LogP contribution in [0.2, 0.25) is 0 Å². The lowest BCUT2D eigenvalue weighted by Gasteiger charge is -2.46. The monoisotopic (exact) mass is 280 g/mol. The summed E-state index contributed by atoms with van der Waals surface area (Å²) < 4.78 is 6.25. The van der Waals surface area contributed by atoms with Gasteiger partial charge in [0, 0.05) is 10.7 Å². The predicted octanol–water partition coefficient (Wildman–Crippen LogP) is 3.94. The third kappa shape index (κ3) is 1.67. The molecular weight excluding hydrogens is 264 g/mol. The van der Waals surface area contributed by atoms with Gasteiger partial charge in [0.25, 0.3) is 0 Å². The fraction of sp³-hybridized carbons (Fsp3) is 0.571. The molecule has 1 heterocycles. The minimum absolute atomic E-state index is 0.0681. The maximum Gasteiger partial charge on any atom is 0.123 e. The molecule has 0 bridgehead atoms. The van der Waals surface area contributed by atoms with Crippen LogP contribution >= 0.6 is 15.9 Å². The molecule has 1 aliphatic heterocycles. The van der Waals surface area contributed by atoms with Gasteiger partial charge in [-0.05, 0) is 44.2 Å². The topological polar surface area (TPSA) is 9.23 Å². The number of hydrogen-bond donors (Lipinski definition) is 0. The summed E-state index contributed by atoms with van der Waals surface area (Å²) in [5.41, 5.74) is 1.45. The number of benzene rings is 1. The molecular formula is C14H17BrO. The molecule has 0 N–H and O–H groups in total. The van der Waals surface area contributed by atoms with Gasteiger partial charge in [-0.1, -0.05) is 34.1 Å². The number of alkyl halides is 1. The van der Waals surface area contributed by atoms with E-state index in [1.807, 2.05) is 0 Å². The van der Waals surface area contributed by atoms with E-state index in [0.717, 1.165) is 5.75 Å². The zero-order valence-corrected chi connectivity index (χ0v) is 11.2. The maximum absolute atomic E-state index is 6.25. The van der Waals surface area contributed by atoms with Crippen molar-refractivity contribution >= 4 is 15.9 Å². The molecule has 0 aromatic heterocycles. The van der Waals surface area contributed by atoms with Gasteiger partial charge in [0.05, 0.1) is 0 Å². The first-order valence-electron chi connectivity index (χ1n) is 6.08. The molecule has 1 aromatic carbocycles. The van der Waals surface area contributed by atoms with Crippen LogP contribution in [0.25, 0.3) is 0 Å². The summed E-state index contributed by atoms with van der Waals surface area (Å²) in [4.78, 5) is 0.680. The third-order valence-corrected chi connectivity index (χ3v) is 4.97. The lowest BCUT2D eigenvalue weighted by Crippen LogP contribution is -2.48. The van der Waals surface area contributed by atoms with E-state index >= 15 is 0 Å². The molecule has 1 nitrogen and oxygen atoms in total. The Morgan fingerprint density at radius 1 is 1.38 bits per heavy atom. The first kappa shape index (κ1) is 10.6. The van der Waals surface area contributed by atoms with Gasteiger partial charge in [0.2, 0.25) is 0 Å². The molecule has 2 aliphatic rings. The van der Waals surface area contributed by atoms with Gasteiger partial charge in [0.1, 0.15) is 11.4 Å². The normalized spacial score (nSPS) is 37.1. The van der Waals surface area contributed by atoms with Gasteiger partial charge in [-0.15, -0.1) is 0 Å². The predicted molar refractivity (Wildman–Crippen MR) is 69.2 cm³/mol. The van der Waals surface area contributed by atoms with Crippen LogP contribution in [0, 0.1) is 5.92 Å². The van der Waals surface area contributed by atoms with Gasteiger partial charge in [-0.3, -0.25) is 0 Å². The molecule has 0 radical (unpaired) electrons. The van der Waals surface area contributed by atoms with E-state index in [0.29, 0.717) is 10.7 Å². The Balaban J connectivity index is 1.94. The van der Waals surface area contributed by atoms with Crippen molar-refractivity contribution < 1.29 is 4.74 Å². The Morgan fingerprint density at radius 2 is 2.19 bits per heavy atom. The zero-order valence-electron chi connectivity index (χ0n) is 9.58. The van der Waals surface area contributed by atoms with E-state index in [4.69, 9.17) is 4.74 Å². The number of halogens is 1. The molecule has 1 fully saturated rings. The molecule has 0 amide bonds. The molecule has 0 spiro atoms. The highest BCUT2D eigenvalue weighted by molar-refractivity contribution is 9.09. The van der Waals surface area contributed by atoms with Gasteiger partial charge < -0.3 is 4.74 Å². The van der Waals surface area contributed by atoms with Crippen molar-refractivity contribution in [1.82, 2.24) is 0 Å². The van der Waals surface area contributed by atoms with Crippen molar-refractivity contribution in [2.24, 2.45) is 5.92 Å². The summed E-state index contributed by atoms with van der Waals surface area (Å²) in [6.07, 6.45) is 4.82. The number of para-hydroxylation sites is 1. The second kappa shape index (κ2) is 3.76. The average molecular weight is 281 g/mol. The molecule has 1 aliphatic carbocycles. The van der Waals surface area contributed by atoms with Crippen molar-refractivity contribution in [3.63, 3.8) is 0 Å². The second-order valence-electron chi connectivity index (χ2n) is 5.30. The molecule has 16 heavy (non-hydrogen) atoms. The largest absolute Gasteiger partial charge is 0.487 e. The van der Waals surface area contributed by atoms with Crippen LogP contribution in [-0.4, -0.2) is 10.4 Å². The second-order valence-corrected chi connectivity index (χ2v) is 6.59. The highest BCUT2D eigenvalue weighted by Gasteiger charge is 2.44. The highest BCUT2D eigenvalue weighted by Crippen LogP contribution is 2.46. The lowest BCUT2D eigenvalue weighted by atomic mass is 9.72. The van der Waals surface area contributed by atoms with E-state index in [2.05, 4.69) is 47.1 Å². The fourth-order valence-electron chi connectivity index (χ4n) is 3.05. The Hall–Kier alpha value is -0.500. The van der Waals surface area contributed by atoms with Gasteiger partial charge in [-0.2, -0.15) is 0 Å². The van der Waals surface area contributed by atoms with E-state index in [1.165, 1.54) is 31.2 Å². The summed E-state index contributed by atoms with van der Waals surface area (Å²) in [7, 11) is 0. The smallest absolute Gasteiger partial charge is 0.123 e. The summed E-state index contributed by atoms with van der Waals surface area (Å²) in [5.74, 6) is 1.77. The first-order valence-corrected chi connectivity index (χ1v) is 7.00. The molecule has 2 heteroatoms. The quantitative estimate of drug-likeness (QED) is 0.654. The van der Waals surface area contributed by atoms with Crippen molar-refractivity contribution in [1.29, 1.82) is 0 Å². The Kier molecular flexibility index (Phi) is 2.50. The molecule has 86 valence electrons. The number of fused-ring (bicyclic) bond motifs is 2. The summed E-state index contributed by atoms with van der Waals surface area (Å²) in [5, 5.41) is 0. The van der Waals surface area contributed by atoms with Gasteiger partial charge in [0.15, 0.2) is 0 Å². The third-order valence-electron chi connectivity index (χ3n) is 4.14. The van der Waals surface area contributed by atoms with E-state index < -0.39 is 0 Å². The van der Waals surface area contributed by atoms with E-state index in [9.17, 15) is 0 Å². The molecule has 1 aromatic rings. The summed E-state index contributed by atoms with van der Waals surface area (Å²) in [6.45, 7) is 2.28. The average Bonchev–Trinajstić information content (AvgIpc) is 2.27. The number of rotatable bonds is 0. The van der Waals surface area contributed by atoms with Crippen molar-refractivity contribution in [3.8, 4) is 5.75 Å². The van der Waals surface area contributed by atoms with Gasteiger partial charge in [-0.25, -0.2) is 0 Å². The SMILES string of the molecule is C[C@]12CC[C@@H](Br)C[C@@H]1Cc1ccccc1O2. The first-order chi connectivity index (χ1) is 7.67. The standard InChI is InChI=1S/C14H17BrO/c1-14-7-6-12(15)9-11(14)8-10-4-2-3-5-13(10)16-14/h2-5,11-12H,6-9H2,1H3/t11-,12+,14-/m0/s1. The molecule has 3 rings (SSSR count). The van der Waals surface area contributed by atoms with Crippen molar-refractivity contribution in [3.05, 3.63) is 29.8 Å². The highest BCUT2D eigenvalue weighted by atomic mass is 79.9. The minimum Gasteiger partial charge on any atom is -0.487 e. The number of hydrogen-bond acceptors (Lipinski definition) is 1. The maximum atomic E-state index is 6.25. The fourth-order valence-corrected chi connectivity index (χ4v) is 3.73. The van der Waals surface area contributed by atoms with Crippen LogP contribution in [0.4, 0.5) is 0 Å². The van der Waals surface area contributed by atoms with Crippen LogP contribution in [0.15, 0.2) is 24.3 Å². The van der Waals surface area contributed by atoms with Crippen LogP contribution in [-0.2, 0) is 6.42 Å². The lowest BCUT2D eigenvalue weighted by molar-refractivity contribution is -0.0192. The van der Waals surface area contributed by atoms with E-state index in [1.54, 1.807) is 0 Å². The zero-order chi connectivity index (χ0) is 11.2. The molecule has 1 saturated carbocycles. The van der Waals surface area contributed by atoms with Crippen molar-refractivity contribution in [2.75, 3.05) is 0 Å². The van der Waals surface area contributed by atoms with Crippen LogP contribution < -0.4 is 4.74 Å². The van der Waals surface area contributed by atoms with Crippen molar-refractivity contribution in [2.45, 2.75) is 43.0 Å². The van der Waals surface area contributed by atoms with Crippen LogP contribution in [0.1, 0.15) is 31.7 Å². The minimum atomic E-state index is 0.0681. The Morgan fingerprint density at radius 3 is 3.06 bits per heavy atom. The van der Waals surface area contributed by atoms with Gasteiger partial charge >= 0.3 is 0 Å². The molecule has 0 unspecified atom stereocenters. The summed E-state index contributed by atoms with van der Waals surface area (Å²) in [6, 6.07) is 8.49. The molecule has 3 atom stereocenters.